The first-order valence-electron chi connectivity index (χ1n) is 6.54. The van der Waals surface area contributed by atoms with Gasteiger partial charge in [0.2, 0.25) is 10.0 Å². The molecule has 1 saturated heterocycles. The third-order valence-corrected chi connectivity index (χ3v) is 6.37. The largest absolute Gasteiger partial charge is 0.326 e. The number of sulfonamides is 1. The normalized spacial score (nSPS) is 18.8. The van der Waals surface area contributed by atoms with E-state index in [0.29, 0.717) is 17.3 Å². The summed E-state index contributed by atoms with van der Waals surface area (Å²) in [5.74, 6) is 0. The summed E-state index contributed by atoms with van der Waals surface area (Å²) in [7, 11) is -3.39. The fraction of sp³-hybridized carbons (Fsp3) is 0.667. The van der Waals surface area contributed by atoms with Gasteiger partial charge in [-0.15, -0.1) is 11.3 Å². The molecule has 3 N–H and O–H groups in total. The van der Waals surface area contributed by atoms with E-state index in [4.69, 9.17) is 5.73 Å². The van der Waals surface area contributed by atoms with Gasteiger partial charge in [0.25, 0.3) is 0 Å². The average Bonchev–Trinajstić information content (AvgIpc) is 3.06. The van der Waals surface area contributed by atoms with Gasteiger partial charge in [-0.05, 0) is 49.9 Å². The summed E-state index contributed by atoms with van der Waals surface area (Å²) >= 11 is 1.22. The lowest BCUT2D eigenvalue weighted by atomic mass is 10.3. The van der Waals surface area contributed by atoms with Gasteiger partial charge < -0.3 is 5.73 Å². The van der Waals surface area contributed by atoms with Crippen LogP contribution in [0, 0.1) is 0 Å². The zero-order chi connectivity index (χ0) is 13.9. The number of hydrogen-bond donors (Lipinski definition) is 2. The Morgan fingerprint density at radius 3 is 2.74 bits per heavy atom. The van der Waals surface area contributed by atoms with E-state index in [1.54, 1.807) is 11.4 Å². The monoisotopic (exact) mass is 303 g/mol. The Balaban J connectivity index is 1.93. The first kappa shape index (κ1) is 14.9. The molecule has 0 aromatic carbocycles. The highest BCUT2D eigenvalue weighted by Gasteiger charge is 2.21. The van der Waals surface area contributed by atoms with Crippen LogP contribution >= 0.6 is 11.3 Å². The number of nitrogens with one attached hydrogen (secondary N) is 1. The fourth-order valence-electron chi connectivity index (χ4n) is 2.21. The molecule has 1 aromatic heterocycles. The number of nitrogens with zero attached hydrogens (tertiary/aromatic N) is 1. The molecule has 0 saturated carbocycles. The molecule has 1 aliphatic heterocycles. The Hall–Kier alpha value is -0.470. The molecule has 1 aromatic rings. The van der Waals surface area contributed by atoms with Gasteiger partial charge in [-0.25, -0.2) is 13.1 Å². The van der Waals surface area contributed by atoms with Crippen molar-refractivity contribution in [3.8, 4) is 0 Å². The van der Waals surface area contributed by atoms with Crippen LogP contribution in [0.3, 0.4) is 0 Å². The summed E-state index contributed by atoms with van der Waals surface area (Å²) in [6.07, 6.45) is 2.42. The van der Waals surface area contributed by atoms with Crippen LogP contribution in [0.25, 0.3) is 0 Å². The molecule has 5 nitrogen and oxygen atoms in total. The van der Waals surface area contributed by atoms with E-state index in [-0.39, 0.29) is 6.04 Å². The Bertz CT molecular complexity index is 507. The van der Waals surface area contributed by atoms with Gasteiger partial charge in [0, 0.05) is 19.1 Å². The topological polar surface area (TPSA) is 75.4 Å². The first-order chi connectivity index (χ1) is 9.03. The minimum atomic E-state index is -3.39. The molecule has 0 bridgehead atoms. The van der Waals surface area contributed by atoms with Gasteiger partial charge in [0.15, 0.2) is 0 Å². The number of thiophene rings is 1. The molecule has 1 aliphatic rings. The van der Waals surface area contributed by atoms with Crippen LogP contribution in [0.15, 0.2) is 15.7 Å². The number of likely N-dealkylation sites (tertiary alicyclic amines) is 1. The zero-order valence-electron chi connectivity index (χ0n) is 11.1. The predicted molar refractivity (Wildman–Crippen MR) is 77.7 cm³/mol. The van der Waals surface area contributed by atoms with Crippen LogP contribution in [0.1, 0.15) is 25.3 Å². The van der Waals surface area contributed by atoms with Crippen molar-refractivity contribution in [1.82, 2.24) is 9.62 Å². The van der Waals surface area contributed by atoms with Crippen molar-refractivity contribution in [2.75, 3.05) is 19.6 Å². The second-order valence-electron chi connectivity index (χ2n) is 4.92. The highest BCUT2D eigenvalue weighted by Crippen LogP contribution is 2.20. The van der Waals surface area contributed by atoms with Crippen molar-refractivity contribution in [1.29, 1.82) is 0 Å². The van der Waals surface area contributed by atoms with Crippen molar-refractivity contribution in [3.05, 3.63) is 17.0 Å². The molecule has 7 heteroatoms. The van der Waals surface area contributed by atoms with Crippen molar-refractivity contribution in [2.45, 2.75) is 36.6 Å². The molecule has 1 fully saturated rings. The van der Waals surface area contributed by atoms with Gasteiger partial charge in [-0.1, -0.05) is 0 Å². The van der Waals surface area contributed by atoms with Gasteiger partial charge in [-0.3, -0.25) is 4.90 Å². The van der Waals surface area contributed by atoms with E-state index >= 15 is 0 Å². The standard InChI is InChI=1S/C12H21N3O2S2/c1-10(15-4-2-3-5-15)8-14-19(16,17)12-6-11(7-13)9-18-12/h6,9-10,14H,2-5,7-8,13H2,1H3. The predicted octanol–water partition coefficient (Wildman–Crippen LogP) is 0.969. The highest BCUT2D eigenvalue weighted by molar-refractivity contribution is 7.91. The van der Waals surface area contributed by atoms with Crippen LogP contribution in [-0.4, -0.2) is 39.0 Å². The lowest BCUT2D eigenvalue weighted by Gasteiger charge is -2.23. The van der Waals surface area contributed by atoms with Crippen molar-refractivity contribution in [3.63, 3.8) is 0 Å². The highest BCUT2D eigenvalue weighted by atomic mass is 32.2. The van der Waals surface area contributed by atoms with Gasteiger partial charge in [0.1, 0.15) is 4.21 Å². The number of hydrogen-bond acceptors (Lipinski definition) is 5. The number of nitrogens with two attached hydrogens (primary N) is 1. The summed E-state index contributed by atoms with van der Waals surface area (Å²) in [5.41, 5.74) is 6.36. The molecular weight excluding hydrogens is 282 g/mol. The average molecular weight is 303 g/mol. The second kappa shape index (κ2) is 6.32. The molecule has 108 valence electrons. The third-order valence-electron chi connectivity index (χ3n) is 3.46. The zero-order valence-corrected chi connectivity index (χ0v) is 12.8. The van der Waals surface area contributed by atoms with Crippen LogP contribution in [0.2, 0.25) is 0 Å². The fourth-order valence-corrected chi connectivity index (χ4v) is 4.60. The maximum Gasteiger partial charge on any atom is 0.250 e. The Morgan fingerprint density at radius 1 is 1.47 bits per heavy atom. The molecule has 0 spiro atoms. The molecule has 1 unspecified atom stereocenters. The molecule has 0 radical (unpaired) electrons. The lowest BCUT2D eigenvalue weighted by molar-refractivity contribution is 0.260. The minimum absolute atomic E-state index is 0.242. The number of rotatable bonds is 6. The van der Waals surface area contributed by atoms with Crippen LogP contribution < -0.4 is 10.5 Å². The van der Waals surface area contributed by atoms with E-state index in [0.717, 1.165) is 18.7 Å². The molecule has 2 heterocycles. The van der Waals surface area contributed by atoms with Crippen LogP contribution in [0.5, 0.6) is 0 Å². The van der Waals surface area contributed by atoms with Gasteiger partial charge in [0.05, 0.1) is 0 Å². The van der Waals surface area contributed by atoms with E-state index in [1.807, 2.05) is 0 Å². The van der Waals surface area contributed by atoms with Crippen molar-refractivity contribution >= 4 is 21.4 Å². The third kappa shape index (κ3) is 3.76. The molecule has 0 aliphatic carbocycles. The SMILES string of the molecule is CC(CNS(=O)(=O)c1cc(CN)cs1)N1CCCC1. The van der Waals surface area contributed by atoms with Gasteiger partial charge >= 0.3 is 0 Å². The summed E-state index contributed by atoms with van der Waals surface area (Å²) < 4.78 is 27.3. The van der Waals surface area contributed by atoms with E-state index < -0.39 is 10.0 Å². The molecule has 0 amide bonds. The summed E-state index contributed by atoms with van der Waals surface area (Å²) in [6.45, 7) is 5.03. The molecule has 1 atom stereocenters. The smallest absolute Gasteiger partial charge is 0.250 e. The van der Waals surface area contributed by atoms with Crippen molar-refractivity contribution in [2.24, 2.45) is 5.73 Å². The van der Waals surface area contributed by atoms with Crippen LogP contribution in [0.4, 0.5) is 0 Å². The minimum Gasteiger partial charge on any atom is -0.326 e. The van der Waals surface area contributed by atoms with E-state index in [9.17, 15) is 8.42 Å². The first-order valence-corrected chi connectivity index (χ1v) is 8.90. The Labute approximate surface area is 118 Å². The molecule has 19 heavy (non-hydrogen) atoms. The molecular formula is C12H21N3O2S2. The summed E-state index contributed by atoms with van der Waals surface area (Å²) in [4.78, 5) is 2.32. The van der Waals surface area contributed by atoms with E-state index in [1.165, 1.54) is 24.2 Å². The summed E-state index contributed by atoms with van der Waals surface area (Å²) in [5, 5.41) is 1.79. The maximum absolute atomic E-state index is 12.1. The Kier molecular flexibility index (Phi) is 4.97. The lowest BCUT2D eigenvalue weighted by Crippen LogP contribution is -2.40. The maximum atomic E-state index is 12.1. The van der Waals surface area contributed by atoms with E-state index in [2.05, 4.69) is 16.5 Å². The van der Waals surface area contributed by atoms with Crippen LogP contribution in [-0.2, 0) is 16.6 Å². The summed E-state index contributed by atoms with van der Waals surface area (Å²) in [6, 6.07) is 1.89. The molecule has 2 rings (SSSR count). The van der Waals surface area contributed by atoms with Crippen molar-refractivity contribution < 1.29 is 8.42 Å². The quantitative estimate of drug-likeness (QED) is 0.821. The Morgan fingerprint density at radius 2 is 2.16 bits per heavy atom. The second-order valence-corrected chi connectivity index (χ2v) is 7.83. The van der Waals surface area contributed by atoms with Gasteiger partial charge in [-0.2, -0.15) is 0 Å².